The quantitative estimate of drug-likeness (QED) is 0.236. The fourth-order valence-corrected chi connectivity index (χ4v) is 2.15. The second-order valence-electron chi connectivity index (χ2n) is 4.93. The van der Waals surface area contributed by atoms with E-state index < -0.39 is 0 Å². The third-order valence-electron chi connectivity index (χ3n) is 3.08. The van der Waals surface area contributed by atoms with Gasteiger partial charge in [0.2, 0.25) is 0 Å². The molecule has 0 aliphatic rings. The van der Waals surface area contributed by atoms with Crippen LogP contribution in [-0.4, -0.2) is 12.6 Å². The topological polar surface area (TPSA) is 26.3 Å². The van der Waals surface area contributed by atoms with Crippen LogP contribution in [0.5, 0.6) is 0 Å². The molecule has 1 unspecified atom stereocenters. The number of hydrogen-bond acceptors (Lipinski definition) is 2. The highest BCUT2D eigenvalue weighted by atomic mass is 31.0. The third kappa shape index (κ3) is 7.82. The molecule has 114 valence electrons. The molecule has 0 saturated heterocycles. The van der Waals surface area contributed by atoms with Gasteiger partial charge in [-0.25, -0.2) is 4.79 Å². The van der Waals surface area contributed by atoms with Crippen LogP contribution in [0.25, 0.3) is 6.08 Å². The molecule has 0 N–H and O–H groups in total. The molecule has 0 radical (unpaired) electrons. The average molecular weight is 304 g/mol. The van der Waals surface area contributed by atoms with Gasteiger partial charge in [0, 0.05) is 6.08 Å². The zero-order valence-electron chi connectivity index (χ0n) is 13.0. The monoisotopic (exact) mass is 304 g/mol. The maximum absolute atomic E-state index is 11.4. The Labute approximate surface area is 130 Å². The van der Waals surface area contributed by atoms with Gasteiger partial charge in [0.05, 0.1) is 6.61 Å². The largest absolute Gasteiger partial charge is 0.463 e. The number of unbranched alkanes of at least 4 members (excludes halogenated alkanes) is 2. The van der Waals surface area contributed by atoms with Gasteiger partial charge in [-0.2, -0.15) is 0 Å². The zero-order valence-corrected chi connectivity index (χ0v) is 14.1. The van der Waals surface area contributed by atoms with E-state index in [-0.39, 0.29) is 5.97 Å². The van der Waals surface area contributed by atoms with E-state index >= 15 is 0 Å². The predicted molar refractivity (Wildman–Crippen MR) is 93.7 cm³/mol. The smallest absolute Gasteiger partial charge is 0.330 e. The normalized spacial score (nSPS) is 11.9. The zero-order chi connectivity index (χ0) is 15.5. The van der Waals surface area contributed by atoms with Gasteiger partial charge in [-0.05, 0) is 36.2 Å². The standard InChI is InChI=1S/C18H25O2P/c1-3-5-6-7-15(10-13-18(19)20-4-2)14-16-8-11-17(21)12-9-16/h8-14H,3-7,21H2,1-2H3/b13-10+,15-14+. The average Bonchev–Trinajstić information content (AvgIpc) is 2.47. The summed E-state index contributed by atoms with van der Waals surface area (Å²) in [5.74, 6) is -0.279. The number of carbonyl (C=O) groups is 1. The molecule has 0 spiro atoms. The summed E-state index contributed by atoms with van der Waals surface area (Å²) in [6.07, 6.45) is 10.0. The molecule has 1 aromatic carbocycles. The molecule has 0 aliphatic carbocycles. The van der Waals surface area contributed by atoms with Crippen molar-refractivity contribution in [2.45, 2.75) is 39.5 Å². The Morgan fingerprint density at radius 1 is 1.14 bits per heavy atom. The number of carbonyl (C=O) groups excluding carboxylic acids is 1. The van der Waals surface area contributed by atoms with E-state index in [0.717, 1.165) is 24.0 Å². The van der Waals surface area contributed by atoms with E-state index in [9.17, 15) is 4.79 Å². The Kier molecular flexibility index (Phi) is 8.69. The van der Waals surface area contributed by atoms with Crippen molar-refractivity contribution >= 4 is 26.6 Å². The summed E-state index contributed by atoms with van der Waals surface area (Å²) >= 11 is 0. The van der Waals surface area contributed by atoms with Crippen molar-refractivity contribution in [3.63, 3.8) is 0 Å². The molecule has 0 amide bonds. The van der Waals surface area contributed by atoms with Crippen molar-refractivity contribution < 1.29 is 9.53 Å². The number of benzene rings is 1. The molecule has 0 bridgehead atoms. The Morgan fingerprint density at radius 3 is 2.48 bits per heavy atom. The van der Waals surface area contributed by atoms with Crippen molar-refractivity contribution in [1.29, 1.82) is 0 Å². The van der Waals surface area contributed by atoms with Crippen LogP contribution in [0.15, 0.2) is 42.0 Å². The van der Waals surface area contributed by atoms with Crippen LogP contribution < -0.4 is 5.30 Å². The maximum Gasteiger partial charge on any atom is 0.330 e. The summed E-state index contributed by atoms with van der Waals surface area (Å²) in [6, 6.07) is 8.30. The second kappa shape index (κ2) is 10.3. The second-order valence-corrected chi connectivity index (χ2v) is 5.60. The molecule has 0 fully saturated rings. The maximum atomic E-state index is 11.4. The Morgan fingerprint density at radius 2 is 1.86 bits per heavy atom. The summed E-state index contributed by atoms with van der Waals surface area (Å²) < 4.78 is 4.93. The lowest BCUT2D eigenvalue weighted by Gasteiger charge is -2.03. The van der Waals surface area contributed by atoms with Crippen molar-refractivity contribution in [1.82, 2.24) is 0 Å². The van der Waals surface area contributed by atoms with Gasteiger partial charge >= 0.3 is 5.97 Å². The van der Waals surface area contributed by atoms with E-state index in [1.54, 1.807) is 0 Å². The molecule has 0 aromatic heterocycles. The number of rotatable bonds is 8. The van der Waals surface area contributed by atoms with Crippen molar-refractivity contribution in [2.75, 3.05) is 6.61 Å². The van der Waals surface area contributed by atoms with Crippen LogP contribution in [0.1, 0.15) is 45.1 Å². The number of hydrogen-bond donors (Lipinski definition) is 0. The van der Waals surface area contributed by atoms with Crippen LogP contribution in [0.4, 0.5) is 0 Å². The molecule has 21 heavy (non-hydrogen) atoms. The molecule has 1 rings (SSSR count). The van der Waals surface area contributed by atoms with Crippen LogP contribution in [0, 0.1) is 0 Å². The van der Waals surface area contributed by atoms with E-state index in [1.165, 1.54) is 24.2 Å². The summed E-state index contributed by atoms with van der Waals surface area (Å²) in [6.45, 7) is 4.41. The molecule has 1 atom stereocenters. The van der Waals surface area contributed by atoms with Crippen LogP contribution in [0.3, 0.4) is 0 Å². The molecule has 0 saturated carbocycles. The Balaban J connectivity index is 2.80. The first kappa shape index (κ1) is 17.7. The van der Waals surface area contributed by atoms with Gasteiger partial charge in [-0.3, -0.25) is 0 Å². The first-order chi connectivity index (χ1) is 10.2. The van der Waals surface area contributed by atoms with Crippen LogP contribution in [-0.2, 0) is 9.53 Å². The summed E-state index contributed by atoms with van der Waals surface area (Å²) in [5.41, 5.74) is 2.31. The first-order valence-electron chi connectivity index (χ1n) is 7.56. The highest BCUT2D eigenvalue weighted by Gasteiger charge is 1.98. The van der Waals surface area contributed by atoms with Crippen molar-refractivity contribution in [2.24, 2.45) is 0 Å². The Bertz CT molecular complexity index is 486. The van der Waals surface area contributed by atoms with Crippen LogP contribution >= 0.6 is 9.24 Å². The minimum absolute atomic E-state index is 0.279. The van der Waals surface area contributed by atoms with Gasteiger partial charge in [-0.1, -0.05) is 56.2 Å². The molecular formula is C18H25O2P. The molecule has 1 aromatic rings. The minimum atomic E-state index is -0.279. The van der Waals surface area contributed by atoms with Gasteiger partial charge < -0.3 is 4.74 Å². The molecular weight excluding hydrogens is 279 g/mol. The fourth-order valence-electron chi connectivity index (χ4n) is 1.95. The van der Waals surface area contributed by atoms with E-state index in [4.69, 9.17) is 4.74 Å². The van der Waals surface area contributed by atoms with E-state index in [1.807, 2.05) is 13.0 Å². The predicted octanol–water partition coefficient (Wildman–Crippen LogP) is 4.27. The first-order valence-corrected chi connectivity index (χ1v) is 8.14. The molecule has 0 heterocycles. The Hall–Kier alpha value is -1.40. The van der Waals surface area contributed by atoms with Gasteiger partial charge in [-0.15, -0.1) is 9.24 Å². The number of allylic oxidation sites excluding steroid dienone is 2. The molecule has 2 nitrogen and oxygen atoms in total. The summed E-state index contributed by atoms with van der Waals surface area (Å²) in [4.78, 5) is 11.4. The van der Waals surface area contributed by atoms with Crippen molar-refractivity contribution in [3.8, 4) is 0 Å². The fraction of sp³-hybridized carbons (Fsp3) is 0.389. The van der Waals surface area contributed by atoms with Gasteiger partial charge in [0.25, 0.3) is 0 Å². The number of ether oxygens (including phenoxy) is 1. The summed E-state index contributed by atoms with van der Waals surface area (Å²) in [5, 5.41) is 1.17. The SMILES string of the molecule is CCCCCC(/C=C/C(=O)OCC)=C\c1ccc(P)cc1. The highest BCUT2D eigenvalue weighted by molar-refractivity contribution is 7.27. The number of esters is 1. The van der Waals surface area contributed by atoms with Crippen LogP contribution in [0.2, 0.25) is 0 Å². The third-order valence-corrected chi connectivity index (χ3v) is 3.46. The minimum Gasteiger partial charge on any atom is -0.463 e. The van der Waals surface area contributed by atoms with E-state index in [0.29, 0.717) is 6.61 Å². The molecule has 0 aliphatic heterocycles. The van der Waals surface area contributed by atoms with E-state index in [2.05, 4.69) is 46.5 Å². The van der Waals surface area contributed by atoms with Gasteiger partial charge in [0.1, 0.15) is 0 Å². The molecule has 3 heteroatoms. The highest BCUT2D eigenvalue weighted by Crippen LogP contribution is 2.15. The lowest BCUT2D eigenvalue weighted by molar-refractivity contribution is -0.137. The lowest BCUT2D eigenvalue weighted by Crippen LogP contribution is -1.99. The van der Waals surface area contributed by atoms with Gasteiger partial charge in [0.15, 0.2) is 0 Å². The van der Waals surface area contributed by atoms with Crippen molar-refractivity contribution in [3.05, 3.63) is 47.6 Å². The lowest BCUT2D eigenvalue weighted by atomic mass is 10.0. The summed E-state index contributed by atoms with van der Waals surface area (Å²) in [7, 11) is 2.68.